The van der Waals surface area contributed by atoms with E-state index >= 15 is 0 Å². The average molecular weight is 354 g/mol. The van der Waals surface area contributed by atoms with Crippen molar-refractivity contribution in [2.24, 2.45) is 0 Å². The molecule has 1 aromatic carbocycles. The van der Waals surface area contributed by atoms with Crippen LogP contribution in [0.5, 0.6) is 0 Å². The molecule has 3 aromatic rings. The molecule has 25 heavy (non-hydrogen) atoms. The lowest BCUT2D eigenvalue weighted by Crippen LogP contribution is -2.22. The van der Waals surface area contributed by atoms with Gasteiger partial charge in [-0.05, 0) is 44.2 Å². The molecule has 0 aliphatic carbocycles. The van der Waals surface area contributed by atoms with Crippen LogP contribution in [-0.4, -0.2) is 21.4 Å². The fourth-order valence-electron chi connectivity index (χ4n) is 2.05. The minimum Gasteiger partial charge on any atom is -0.469 e. The van der Waals surface area contributed by atoms with Gasteiger partial charge in [-0.2, -0.15) is 5.26 Å². The fourth-order valence-corrected chi connectivity index (χ4v) is 2.73. The van der Waals surface area contributed by atoms with E-state index in [1.807, 2.05) is 6.07 Å². The lowest BCUT2D eigenvalue weighted by atomic mass is 10.2. The number of nitriles is 1. The molecule has 0 saturated carbocycles. The number of nitrogens with one attached hydrogen (secondary N) is 1. The number of furan rings is 1. The molecule has 1 N–H and O–H groups in total. The molecular weight excluding hydrogens is 340 g/mol. The maximum Gasteiger partial charge on any atom is 0.277 e. The molecule has 1 atom stereocenters. The van der Waals surface area contributed by atoms with Gasteiger partial charge in [-0.25, -0.2) is 0 Å². The number of anilines is 1. The third-order valence-corrected chi connectivity index (χ3v) is 4.36. The number of aryl methyl sites for hydroxylation is 1. The molecule has 8 heteroatoms. The highest BCUT2D eigenvalue weighted by molar-refractivity contribution is 8.00. The van der Waals surface area contributed by atoms with Crippen LogP contribution in [0.1, 0.15) is 18.2 Å². The summed E-state index contributed by atoms with van der Waals surface area (Å²) in [4.78, 5) is 12.3. The van der Waals surface area contributed by atoms with Gasteiger partial charge in [-0.15, -0.1) is 10.2 Å². The summed E-state index contributed by atoms with van der Waals surface area (Å²) in [6.07, 6.45) is 1.55. The minimum atomic E-state index is -0.436. The van der Waals surface area contributed by atoms with Crippen molar-refractivity contribution in [3.8, 4) is 17.5 Å². The van der Waals surface area contributed by atoms with Gasteiger partial charge in [0.25, 0.3) is 11.1 Å². The lowest BCUT2D eigenvalue weighted by Gasteiger charge is -2.09. The fraction of sp³-hybridized carbons (Fsp3) is 0.176. The highest BCUT2D eigenvalue weighted by Gasteiger charge is 2.20. The van der Waals surface area contributed by atoms with Gasteiger partial charge in [0.05, 0.1) is 28.7 Å². The van der Waals surface area contributed by atoms with Crippen LogP contribution in [0.25, 0.3) is 11.5 Å². The summed E-state index contributed by atoms with van der Waals surface area (Å²) in [6, 6.07) is 10.4. The van der Waals surface area contributed by atoms with Crippen molar-refractivity contribution in [3.05, 3.63) is 47.9 Å². The van der Waals surface area contributed by atoms with Gasteiger partial charge in [-0.1, -0.05) is 11.8 Å². The first kappa shape index (κ1) is 16.8. The Bertz CT molecular complexity index is 924. The number of hydrogen-bond acceptors (Lipinski definition) is 7. The molecule has 0 saturated heterocycles. The molecule has 0 radical (unpaired) electrons. The Morgan fingerprint density at radius 1 is 1.28 bits per heavy atom. The lowest BCUT2D eigenvalue weighted by molar-refractivity contribution is -0.115. The second kappa shape index (κ2) is 7.23. The van der Waals surface area contributed by atoms with Crippen molar-refractivity contribution in [3.63, 3.8) is 0 Å². The summed E-state index contributed by atoms with van der Waals surface area (Å²) in [5, 5.41) is 19.4. The third kappa shape index (κ3) is 3.89. The Morgan fingerprint density at radius 2 is 2.04 bits per heavy atom. The number of hydrogen-bond donors (Lipinski definition) is 1. The molecule has 2 aromatic heterocycles. The van der Waals surface area contributed by atoms with Gasteiger partial charge >= 0.3 is 0 Å². The summed E-state index contributed by atoms with van der Waals surface area (Å²) in [5.41, 5.74) is 1.89. The number of aromatic nitrogens is 2. The quantitative estimate of drug-likeness (QED) is 0.697. The molecule has 7 nitrogen and oxygen atoms in total. The molecule has 2 heterocycles. The van der Waals surface area contributed by atoms with E-state index < -0.39 is 5.25 Å². The van der Waals surface area contributed by atoms with E-state index in [1.165, 1.54) is 11.8 Å². The van der Waals surface area contributed by atoms with E-state index in [9.17, 15) is 4.79 Å². The van der Waals surface area contributed by atoms with Crippen molar-refractivity contribution in [2.45, 2.75) is 24.3 Å². The number of amides is 1. The number of nitrogens with zero attached hydrogens (tertiary/aromatic N) is 3. The summed E-state index contributed by atoms with van der Waals surface area (Å²) in [7, 11) is 0. The maximum absolute atomic E-state index is 12.3. The molecule has 1 amide bonds. The van der Waals surface area contributed by atoms with Gasteiger partial charge in [0.1, 0.15) is 5.76 Å². The van der Waals surface area contributed by atoms with Crippen molar-refractivity contribution < 1.29 is 13.6 Å². The van der Waals surface area contributed by atoms with Crippen LogP contribution in [0.2, 0.25) is 0 Å². The summed E-state index contributed by atoms with van der Waals surface area (Å²) in [6.45, 7) is 3.55. The standard InChI is InChI=1S/C17H14N4O3S/c1-10-14(7-8-23-10)16-20-21-17(24-16)25-11(2)15(22)19-13-5-3-12(9-18)4-6-13/h3-8,11H,1-2H3,(H,19,22)/t11-/m1/s1. The zero-order chi connectivity index (χ0) is 17.8. The Hall–Kier alpha value is -3.05. The van der Waals surface area contributed by atoms with E-state index in [0.29, 0.717) is 28.1 Å². The highest BCUT2D eigenvalue weighted by atomic mass is 32.2. The van der Waals surface area contributed by atoms with Crippen LogP contribution >= 0.6 is 11.8 Å². The first-order valence-electron chi connectivity index (χ1n) is 7.42. The van der Waals surface area contributed by atoms with Gasteiger partial charge in [-0.3, -0.25) is 4.79 Å². The topological polar surface area (TPSA) is 105 Å². The van der Waals surface area contributed by atoms with Crippen LogP contribution < -0.4 is 5.32 Å². The zero-order valence-corrected chi connectivity index (χ0v) is 14.3. The predicted molar refractivity (Wildman–Crippen MR) is 91.8 cm³/mol. The van der Waals surface area contributed by atoms with Gasteiger partial charge in [0.2, 0.25) is 5.91 Å². The number of carbonyl (C=O) groups excluding carboxylic acids is 1. The smallest absolute Gasteiger partial charge is 0.277 e. The number of benzene rings is 1. The minimum absolute atomic E-state index is 0.200. The maximum atomic E-state index is 12.3. The predicted octanol–water partition coefficient (Wildman–Crippen LogP) is 3.63. The molecule has 0 bridgehead atoms. The van der Waals surface area contributed by atoms with Crippen molar-refractivity contribution >= 4 is 23.4 Å². The van der Waals surface area contributed by atoms with E-state index in [-0.39, 0.29) is 5.91 Å². The highest BCUT2D eigenvalue weighted by Crippen LogP contribution is 2.28. The largest absolute Gasteiger partial charge is 0.469 e. The van der Waals surface area contributed by atoms with E-state index in [4.69, 9.17) is 14.1 Å². The zero-order valence-electron chi connectivity index (χ0n) is 13.5. The molecule has 126 valence electrons. The number of carbonyl (C=O) groups is 1. The van der Waals surface area contributed by atoms with Crippen molar-refractivity contribution in [1.29, 1.82) is 5.26 Å². The molecule has 0 aliphatic rings. The Balaban J connectivity index is 1.62. The number of rotatable bonds is 5. The Labute approximate surface area is 148 Å². The Kier molecular flexibility index (Phi) is 4.86. The van der Waals surface area contributed by atoms with Crippen LogP contribution in [0.15, 0.2) is 50.7 Å². The van der Waals surface area contributed by atoms with Crippen molar-refractivity contribution in [2.75, 3.05) is 5.32 Å². The molecule has 0 fully saturated rings. The van der Waals surface area contributed by atoms with E-state index in [1.54, 1.807) is 50.4 Å². The average Bonchev–Trinajstić information content (AvgIpc) is 3.24. The van der Waals surface area contributed by atoms with Gasteiger partial charge in [0, 0.05) is 5.69 Å². The summed E-state index contributed by atoms with van der Waals surface area (Å²) in [5.74, 6) is 0.842. The molecule has 0 aliphatic heterocycles. The second-order valence-electron chi connectivity index (χ2n) is 5.20. The van der Waals surface area contributed by atoms with E-state index in [2.05, 4.69) is 15.5 Å². The molecular formula is C17H14N4O3S. The molecule has 0 spiro atoms. The Morgan fingerprint density at radius 3 is 2.68 bits per heavy atom. The molecule has 0 unspecified atom stereocenters. The summed E-state index contributed by atoms with van der Waals surface area (Å²) < 4.78 is 10.8. The first-order chi connectivity index (χ1) is 12.1. The first-order valence-corrected chi connectivity index (χ1v) is 8.30. The van der Waals surface area contributed by atoms with Crippen LogP contribution in [-0.2, 0) is 4.79 Å². The van der Waals surface area contributed by atoms with E-state index in [0.717, 1.165) is 5.56 Å². The summed E-state index contributed by atoms with van der Waals surface area (Å²) >= 11 is 1.17. The molecule has 3 rings (SSSR count). The van der Waals surface area contributed by atoms with Crippen LogP contribution in [0, 0.1) is 18.3 Å². The van der Waals surface area contributed by atoms with Gasteiger partial charge < -0.3 is 14.2 Å². The van der Waals surface area contributed by atoms with Crippen LogP contribution in [0.3, 0.4) is 0 Å². The monoisotopic (exact) mass is 354 g/mol. The van der Waals surface area contributed by atoms with Crippen LogP contribution in [0.4, 0.5) is 5.69 Å². The SMILES string of the molecule is Cc1occc1-c1nnc(S[C@H](C)C(=O)Nc2ccc(C#N)cc2)o1. The second-order valence-corrected chi connectivity index (χ2v) is 6.49. The number of thioether (sulfide) groups is 1. The third-order valence-electron chi connectivity index (χ3n) is 3.42. The van der Waals surface area contributed by atoms with Gasteiger partial charge in [0.15, 0.2) is 0 Å². The normalized spacial score (nSPS) is 11.7. The van der Waals surface area contributed by atoms with Crippen molar-refractivity contribution in [1.82, 2.24) is 10.2 Å².